The molecule has 0 unspecified atom stereocenters. The van der Waals surface area contributed by atoms with Crippen molar-refractivity contribution in [3.8, 4) is 0 Å². The van der Waals surface area contributed by atoms with Crippen LogP contribution in [0.3, 0.4) is 0 Å². The van der Waals surface area contributed by atoms with Gasteiger partial charge in [-0.15, -0.1) is 0 Å². The molecule has 0 atom stereocenters. The van der Waals surface area contributed by atoms with Crippen molar-refractivity contribution in [2.45, 2.75) is 46.5 Å². The van der Waals surface area contributed by atoms with Crippen molar-refractivity contribution in [2.24, 2.45) is 0 Å². The van der Waals surface area contributed by atoms with Crippen LogP contribution in [0.25, 0.3) is 0 Å². The molecule has 2 heteroatoms. The maximum absolute atomic E-state index is 5.58. The second kappa shape index (κ2) is 4.92. The van der Waals surface area contributed by atoms with Gasteiger partial charge in [-0.2, -0.15) is 5.56 Å². The van der Waals surface area contributed by atoms with Gasteiger partial charge in [0, 0.05) is 18.6 Å². The van der Waals surface area contributed by atoms with Gasteiger partial charge in [0.1, 0.15) is 0 Å². The Labute approximate surface area is 92.8 Å². The Hall–Kier alpha value is -0.136. The SMILES string of the molecule is Cc1[c-]c(C(C)C)c(C(C)C)o1.[V]. The van der Waals surface area contributed by atoms with Gasteiger partial charge >= 0.3 is 0 Å². The first kappa shape index (κ1) is 12.9. The van der Waals surface area contributed by atoms with E-state index in [9.17, 15) is 0 Å². The van der Waals surface area contributed by atoms with Gasteiger partial charge in [-0.25, -0.2) is 6.07 Å². The molecule has 1 aromatic rings. The van der Waals surface area contributed by atoms with Gasteiger partial charge in [0.2, 0.25) is 0 Å². The molecule has 0 N–H and O–H groups in total. The Morgan fingerprint density at radius 3 is 1.92 bits per heavy atom. The molecule has 1 aromatic heterocycles. The van der Waals surface area contributed by atoms with Crippen LogP contribution in [0.15, 0.2) is 4.42 Å². The van der Waals surface area contributed by atoms with Crippen molar-refractivity contribution in [1.29, 1.82) is 0 Å². The number of rotatable bonds is 2. The number of hydrogen-bond donors (Lipinski definition) is 0. The van der Waals surface area contributed by atoms with E-state index in [1.165, 1.54) is 5.56 Å². The van der Waals surface area contributed by atoms with E-state index in [0.717, 1.165) is 11.5 Å². The molecule has 73 valence electrons. The van der Waals surface area contributed by atoms with Crippen molar-refractivity contribution in [2.75, 3.05) is 0 Å². The minimum atomic E-state index is 0. The van der Waals surface area contributed by atoms with E-state index in [1.807, 2.05) is 6.92 Å². The fraction of sp³-hybridized carbons (Fsp3) is 0.636. The summed E-state index contributed by atoms with van der Waals surface area (Å²) in [5.41, 5.74) is 1.24. The quantitative estimate of drug-likeness (QED) is 0.688. The van der Waals surface area contributed by atoms with Crippen molar-refractivity contribution < 1.29 is 23.0 Å². The normalized spacial score (nSPS) is 10.7. The van der Waals surface area contributed by atoms with Gasteiger partial charge in [-0.3, -0.25) is 0 Å². The maximum Gasteiger partial charge on any atom is 0 e. The number of hydrogen-bond acceptors (Lipinski definition) is 1. The predicted molar refractivity (Wildman–Crippen MR) is 50.5 cm³/mol. The monoisotopic (exact) mass is 216 g/mol. The van der Waals surface area contributed by atoms with Crippen molar-refractivity contribution in [1.82, 2.24) is 0 Å². The molecule has 0 saturated heterocycles. The molecule has 0 aliphatic rings. The van der Waals surface area contributed by atoms with Gasteiger partial charge in [0.25, 0.3) is 0 Å². The van der Waals surface area contributed by atoms with Crippen molar-refractivity contribution >= 4 is 0 Å². The summed E-state index contributed by atoms with van der Waals surface area (Å²) in [5.74, 6) is 2.98. The topological polar surface area (TPSA) is 13.1 Å². The van der Waals surface area contributed by atoms with E-state index in [2.05, 4.69) is 33.8 Å². The molecular weight excluding hydrogens is 199 g/mol. The molecule has 0 saturated carbocycles. The van der Waals surface area contributed by atoms with Crippen LogP contribution in [-0.4, -0.2) is 0 Å². The smallest absolute Gasteiger partial charge is 0 e. The molecule has 1 radical (unpaired) electrons. The maximum atomic E-state index is 5.58. The summed E-state index contributed by atoms with van der Waals surface area (Å²) < 4.78 is 5.58. The Bertz CT molecular complexity index is 236. The van der Waals surface area contributed by atoms with Gasteiger partial charge in [-0.05, 0) is 18.4 Å². The zero-order chi connectivity index (χ0) is 9.30. The summed E-state index contributed by atoms with van der Waals surface area (Å²) >= 11 is 0. The van der Waals surface area contributed by atoms with E-state index in [0.29, 0.717) is 11.8 Å². The third-order valence-electron chi connectivity index (χ3n) is 1.94. The average molecular weight is 216 g/mol. The molecule has 0 spiro atoms. The summed E-state index contributed by atoms with van der Waals surface area (Å²) in [6.07, 6.45) is 0. The van der Waals surface area contributed by atoms with Gasteiger partial charge < -0.3 is 4.42 Å². The Morgan fingerprint density at radius 2 is 1.62 bits per heavy atom. The Kier molecular flexibility index (Phi) is 4.87. The van der Waals surface area contributed by atoms with Crippen molar-refractivity contribution in [3.05, 3.63) is 23.2 Å². The van der Waals surface area contributed by atoms with Crippen LogP contribution in [0.2, 0.25) is 0 Å². The summed E-state index contributed by atoms with van der Waals surface area (Å²) in [4.78, 5) is 0. The summed E-state index contributed by atoms with van der Waals surface area (Å²) in [6, 6.07) is 3.26. The van der Waals surface area contributed by atoms with Gasteiger partial charge in [0.15, 0.2) is 0 Å². The van der Waals surface area contributed by atoms with Crippen LogP contribution in [0.4, 0.5) is 0 Å². The van der Waals surface area contributed by atoms with E-state index in [1.54, 1.807) is 0 Å². The van der Waals surface area contributed by atoms with Gasteiger partial charge in [-0.1, -0.05) is 39.5 Å². The van der Waals surface area contributed by atoms with Gasteiger partial charge in [0.05, 0.1) is 0 Å². The van der Waals surface area contributed by atoms with E-state index < -0.39 is 0 Å². The molecule has 0 aliphatic heterocycles. The summed E-state index contributed by atoms with van der Waals surface area (Å²) in [7, 11) is 0. The molecule has 0 amide bonds. The summed E-state index contributed by atoms with van der Waals surface area (Å²) in [6.45, 7) is 10.6. The molecule has 0 bridgehead atoms. The first-order chi connectivity index (χ1) is 5.52. The minimum Gasteiger partial charge on any atom is -0.570 e. The zero-order valence-corrected chi connectivity index (χ0v) is 10.4. The number of furan rings is 1. The van der Waals surface area contributed by atoms with Crippen LogP contribution in [0, 0.1) is 13.0 Å². The van der Waals surface area contributed by atoms with Crippen LogP contribution < -0.4 is 0 Å². The fourth-order valence-electron chi connectivity index (χ4n) is 1.35. The minimum absolute atomic E-state index is 0. The van der Waals surface area contributed by atoms with Crippen molar-refractivity contribution in [3.63, 3.8) is 0 Å². The van der Waals surface area contributed by atoms with E-state index >= 15 is 0 Å². The molecule has 0 aliphatic carbocycles. The Morgan fingerprint density at radius 1 is 1.08 bits per heavy atom. The first-order valence-electron chi connectivity index (χ1n) is 4.54. The molecular formula is C11H17OV-. The van der Waals surface area contributed by atoms with Crippen LogP contribution in [-0.2, 0) is 18.6 Å². The predicted octanol–water partition coefficient (Wildman–Crippen LogP) is 3.63. The summed E-state index contributed by atoms with van der Waals surface area (Å²) in [5, 5.41) is 0. The molecule has 1 heterocycles. The second-order valence-corrected chi connectivity index (χ2v) is 3.87. The average Bonchev–Trinajstić information content (AvgIpc) is 2.31. The molecule has 1 rings (SSSR count). The van der Waals surface area contributed by atoms with E-state index in [-0.39, 0.29) is 18.6 Å². The third-order valence-corrected chi connectivity index (χ3v) is 1.94. The van der Waals surface area contributed by atoms with Crippen LogP contribution in [0.1, 0.15) is 56.6 Å². The second-order valence-electron chi connectivity index (χ2n) is 3.87. The zero-order valence-electron chi connectivity index (χ0n) is 9.01. The first-order valence-corrected chi connectivity index (χ1v) is 4.54. The fourth-order valence-corrected chi connectivity index (χ4v) is 1.35. The molecule has 0 aromatic carbocycles. The van der Waals surface area contributed by atoms with E-state index in [4.69, 9.17) is 4.42 Å². The van der Waals surface area contributed by atoms with Crippen LogP contribution >= 0.6 is 0 Å². The van der Waals surface area contributed by atoms with Crippen LogP contribution in [0.5, 0.6) is 0 Å². The molecule has 0 fully saturated rings. The molecule has 1 nitrogen and oxygen atoms in total. The Balaban J connectivity index is 0.00000144. The third kappa shape index (κ3) is 2.93. The standard InChI is InChI=1S/C11H17O.V/c1-7(2)10-6-9(5)12-11(10)8(3)4;/h7-8H,1-5H3;/q-1;. The number of aryl methyl sites for hydroxylation is 1. The molecule has 13 heavy (non-hydrogen) atoms. The largest absolute Gasteiger partial charge is 0.570 e.